The lowest BCUT2D eigenvalue weighted by Crippen LogP contribution is -2.38. The molecule has 1 amide bonds. The Balaban J connectivity index is 1.77. The number of carbonyl (C=O) groups is 2. The minimum absolute atomic E-state index is 0.0916. The molecule has 1 fully saturated rings. The second-order valence-electron chi connectivity index (χ2n) is 6.65. The van der Waals surface area contributed by atoms with Crippen molar-refractivity contribution in [1.29, 1.82) is 0 Å². The number of anilines is 2. The van der Waals surface area contributed by atoms with Crippen molar-refractivity contribution < 1.29 is 14.3 Å². The average molecular weight is 368 g/mol. The van der Waals surface area contributed by atoms with E-state index in [-0.39, 0.29) is 5.91 Å². The Hall–Kier alpha value is -2.96. The fraction of sp³-hybridized carbons (Fsp3) is 0.400. The zero-order valence-electron chi connectivity index (χ0n) is 15.6. The van der Waals surface area contributed by atoms with E-state index in [1.54, 1.807) is 31.2 Å². The summed E-state index contributed by atoms with van der Waals surface area (Å²) in [6, 6.07) is 8.64. The molecule has 2 aromatic rings. The van der Waals surface area contributed by atoms with Crippen LogP contribution in [-0.4, -0.2) is 46.4 Å². The fourth-order valence-electron chi connectivity index (χ4n) is 3.03. The molecule has 7 heteroatoms. The van der Waals surface area contributed by atoms with Gasteiger partial charge in [-0.3, -0.25) is 4.79 Å². The molecule has 1 aromatic heterocycles. The van der Waals surface area contributed by atoms with E-state index in [1.165, 1.54) is 6.33 Å². The Bertz CT molecular complexity index is 816. The molecule has 1 saturated heterocycles. The molecule has 0 unspecified atom stereocenters. The van der Waals surface area contributed by atoms with Crippen LogP contribution in [0.15, 0.2) is 36.7 Å². The quantitative estimate of drug-likeness (QED) is 0.816. The monoisotopic (exact) mass is 368 g/mol. The van der Waals surface area contributed by atoms with Gasteiger partial charge in [0.25, 0.3) is 5.91 Å². The lowest BCUT2D eigenvalue weighted by molar-refractivity contribution is 0.0527. The Morgan fingerprint density at radius 2 is 1.96 bits per heavy atom. The van der Waals surface area contributed by atoms with Crippen LogP contribution in [0, 0.1) is 5.92 Å². The standard InChI is InChI=1S/C20H24N4O3/c1-3-27-20(26)15-6-4-5-7-16(15)23-18-12-17(21-13-22-18)19(25)24-10-8-14(2)9-11-24/h4-7,12-14H,3,8-11H2,1-2H3,(H,21,22,23). The zero-order chi connectivity index (χ0) is 19.2. The summed E-state index contributed by atoms with van der Waals surface area (Å²) in [5.74, 6) is 0.603. The summed E-state index contributed by atoms with van der Waals surface area (Å²) in [7, 11) is 0. The highest BCUT2D eigenvalue weighted by atomic mass is 16.5. The molecule has 27 heavy (non-hydrogen) atoms. The third-order valence-corrected chi connectivity index (χ3v) is 4.64. The normalized spacial score (nSPS) is 14.7. The number of carbonyl (C=O) groups excluding carboxylic acids is 2. The number of benzene rings is 1. The van der Waals surface area contributed by atoms with Crippen LogP contribution in [0.1, 0.15) is 47.5 Å². The van der Waals surface area contributed by atoms with E-state index in [0.29, 0.717) is 35.3 Å². The first-order valence-corrected chi connectivity index (χ1v) is 9.23. The molecule has 1 N–H and O–H groups in total. The molecule has 0 radical (unpaired) electrons. The van der Waals surface area contributed by atoms with Crippen molar-refractivity contribution in [1.82, 2.24) is 14.9 Å². The molecule has 0 aliphatic carbocycles. The van der Waals surface area contributed by atoms with Crippen LogP contribution in [0.5, 0.6) is 0 Å². The largest absolute Gasteiger partial charge is 0.462 e. The number of nitrogens with zero attached hydrogens (tertiary/aromatic N) is 3. The van der Waals surface area contributed by atoms with Gasteiger partial charge in [-0.15, -0.1) is 0 Å². The summed E-state index contributed by atoms with van der Waals surface area (Å²) in [6.07, 6.45) is 3.37. The number of ether oxygens (including phenoxy) is 1. The molecule has 1 aliphatic heterocycles. The fourth-order valence-corrected chi connectivity index (χ4v) is 3.03. The number of hydrogen-bond acceptors (Lipinski definition) is 6. The van der Waals surface area contributed by atoms with Crippen LogP contribution in [-0.2, 0) is 4.74 Å². The molecule has 7 nitrogen and oxygen atoms in total. The third kappa shape index (κ3) is 4.61. The van der Waals surface area contributed by atoms with E-state index in [9.17, 15) is 9.59 Å². The minimum Gasteiger partial charge on any atom is -0.462 e. The molecule has 1 aliphatic rings. The van der Waals surface area contributed by atoms with E-state index in [2.05, 4.69) is 22.2 Å². The molecule has 0 atom stereocenters. The molecule has 3 rings (SSSR count). The Kier molecular flexibility index (Phi) is 6.01. The number of nitrogens with one attached hydrogen (secondary N) is 1. The van der Waals surface area contributed by atoms with E-state index < -0.39 is 5.97 Å². The highest BCUT2D eigenvalue weighted by molar-refractivity contribution is 5.97. The predicted molar refractivity (Wildman–Crippen MR) is 102 cm³/mol. The molecule has 142 valence electrons. The highest BCUT2D eigenvalue weighted by Crippen LogP contribution is 2.22. The van der Waals surface area contributed by atoms with Gasteiger partial charge >= 0.3 is 5.97 Å². The van der Waals surface area contributed by atoms with Crippen molar-refractivity contribution >= 4 is 23.4 Å². The molecular weight excluding hydrogens is 344 g/mol. The zero-order valence-corrected chi connectivity index (χ0v) is 15.6. The highest BCUT2D eigenvalue weighted by Gasteiger charge is 2.22. The van der Waals surface area contributed by atoms with Crippen molar-refractivity contribution in [2.24, 2.45) is 5.92 Å². The van der Waals surface area contributed by atoms with Gasteiger partial charge in [0.2, 0.25) is 0 Å². The predicted octanol–water partition coefficient (Wildman–Crippen LogP) is 3.27. The summed E-state index contributed by atoms with van der Waals surface area (Å²) in [5.41, 5.74) is 1.33. The van der Waals surface area contributed by atoms with Gasteiger partial charge in [0.15, 0.2) is 0 Å². The van der Waals surface area contributed by atoms with Crippen molar-refractivity contribution in [3.63, 3.8) is 0 Å². The first-order valence-electron chi connectivity index (χ1n) is 9.23. The van der Waals surface area contributed by atoms with Gasteiger partial charge in [-0.25, -0.2) is 14.8 Å². The average Bonchev–Trinajstić information content (AvgIpc) is 2.69. The third-order valence-electron chi connectivity index (χ3n) is 4.64. The maximum Gasteiger partial charge on any atom is 0.340 e. The van der Waals surface area contributed by atoms with E-state index in [4.69, 9.17) is 4.74 Å². The van der Waals surface area contributed by atoms with Crippen molar-refractivity contribution in [2.75, 3.05) is 25.0 Å². The second-order valence-corrected chi connectivity index (χ2v) is 6.65. The van der Waals surface area contributed by atoms with Gasteiger partial charge in [-0.2, -0.15) is 0 Å². The number of esters is 1. The van der Waals surface area contributed by atoms with Crippen LogP contribution >= 0.6 is 0 Å². The second kappa shape index (κ2) is 8.62. The maximum absolute atomic E-state index is 12.7. The van der Waals surface area contributed by atoms with Crippen LogP contribution in [0.4, 0.5) is 11.5 Å². The van der Waals surface area contributed by atoms with Crippen molar-refractivity contribution in [3.05, 3.63) is 47.9 Å². The maximum atomic E-state index is 12.7. The summed E-state index contributed by atoms with van der Waals surface area (Å²) < 4.78 is 5.08. The number of aromatic nitrogens is 2. The van der Waals surface area contributed by atoms with Crippen LogP contribution < -0.4 is 5.32 Å². The number of para-hydroxylation sites is 1. The molecule has 1 aromatic carbocycles. The topological polar surface area (TPSA) is 84.4 Å². The number of piperidine rings is 1. The van der Waals surface area contributed by atoms with Crippen molar-refractivity contribution in [3.8, 4) is 0 Å². The van der Waals surface area contributed by atoms with Crippen LogP contribution in [0.3, 0.4) is 0 Å². The van der Waals surface area contributed by atoms with Gasteiger partial charge in [-0.05, 0) is 37.8 Å². The Labute approximate surface area is 158 Å². The lowest BCUT2D eigenvalue weighted by atomic mass is 9.99. The molecule has 2 heterocycles. The number of amides is 1. The minimum atomic E-state index is -0.409. The first-order chi connectivity index (χ1) is 13.1. The van der Waals surface area contributed by atoms with E-state index in [0.717, 1.165) is 25.9 Å². The summed E-state index contributed by atoms with van der Waals surface area (Å²) in [4.78, 5) is 34.9. The SMILES string of the molecule is CCOC(=O)c1ccccc1Nc1cc(C(=O)N2CCC(C)CC2)ncn1. The van der Waals surface area contributed by atoms with Gasteiger partial charge in [0, 0.05) is 19.2 Å². The number of rotatable bonds is 5. The first kappa shape index (κ1) is 18.8. The lowest BCUT2D eigenvalue weighted by Gasteiger charge is -2.30. The number of hydrogen-bond donors (Lipinski definition) is 1. The Morgan fingerprint density at radius 3 is 2.70 bits per heavy atom. The molecule has 0 bridgehead atoms. The summed E-state index contributed by atoms with van der Waals surface area (Å²) in [6.45, 7) is 5.76. The van der Waals surface area contributed by atoms with E-state index >= 15 is 0 Å². The Morgan fingerprint density at radius 1 is 1.22 bits per heavy atom. The molecular formula is C20H24N4O3. The van der Waals surface area contributed by atoms with Gasteiger partial charge < -0.3 is 15.0 Å². The van der Waals surface area contributed by atoms with E-state index in [1.807, 2.05) is 11.0 Å². The van der Waals surface area contributed by atoms with Crippen LogP contribution in [0.25, 0.3) is 0 Å². The molecule has 0 spiro atoms. The summed E-state index contributed by atoms with van der Waals surface area (Å²) >= 11 is 0. The van der Waals surface area contributed by atoms with Crippen LogP contribution in [0.2, 0.25) is 0 Å². The summed E-state index contributed by atoms with van der Waals surface area (Å²) in [5, 5.41) is 3.09. The van der Waals surface area contributed by atoms with Crippen molar-refractivity contribution in [2.45, 2.75) is 26.7 Å². The smallest absolute Gasteiger partial charge is 0.340 e. The number of likely N-dealkylation sites (tertiary alicyclic amines) is 1. The van der Waals surface area contributed by atoms with Gasteiger partial charge in [0.1, 0.15) is 17.8 Å². The van der Waals surface area contributed by atoms with Gasteiger partial charge in [-0.1, -0.05) is 19.1 Å². The molecule has 0 saturated carbocycles. The van der Waals surface area contributed by atoms with Gasteiger partial charge in [0.05, 0.1) is 17.9 Å².